The van der Waals surface area contributed by atoms with Gasteiger partial charge in [0.2, 0.25) is 0 Å². The van der Waals surface area contributed by atoms with Crippen molar-refractivity contribution in [3.05, 3.63) is 12.1 Å². The van der Waals surface area contributed by atoms with Crippen LogP contribution < -0.4 is 0 Å². The normalized spacial score (nSPS) is 13.1. The van der Waals surface area contributed by atoms with Gasteiger partial charge in [-0.1, -0.05) is 0 Å². The lowest BCUT2D eigenvalue weighted by atomic mass is 9.81. The summed E-state index contributed by atoms with van der Waals surface area (Å²) in [4.78, 5) is 0. The zero-order valence-corrected chi connectivity index (χ0v) is 6.37. The summed E-state index contributed by atoms with van der Waals surface area (Å²) in [6.07, 6.45) is -4.61. The SMILES string of the molecule is C=C(COCC(F)(F)F)[B-](F)(F)F. The average molecular weight is 207 g/mol. The van der Waals surface area contributed by atoms with Crippen LogP contribution in [-0.4, -0.2) is 26.4 Å². The molecule has 0 spiro atoms. The second-order valence-electron chi connectivity index (χ2n) is 2.34. The summed E-state index contributed by atoms with van der Waals surface area (Å²) in [6, 6.07) is 0. The molecule has 0 aromatic heterocycles. The van der Waals surface area contributed by atoms with Gasteiger partial charge in [-0.3, -0.25) is 0 Å². The molecule has 1 nitrogen and oxygen atoms in total. The molecule has 0 saturated heterocycles. The van der Waals surface area contributed by atoms with E-state index in [9.17, 15) is 26.1 Å². The van der Waals surface area contributed by atoms with E-state index in [2.05, 4.69) is 11.3 Å². The van der Waals surface area contributed by atoms with E-state index in [1.165, 1.54) is 0 Å². The van der Waals surface area contributed by atoms with Crippen molar-refractivity contribution in [1.82, 2.24) is 0 Å². The Morgan fingerprint density at radius 1 is 1.23 bits per heavy atom. The minimum atomic E-state index is -5.31. The Kier molecular flexibility index (Phi) is 3.83. The summed E-state index contributed by atoms with van der Waals surface area (Å²) in [5.74, 6) is 0. The van der Waals surface area contributed by atoms with Gasteiger partial charge in [0.15, 0.2) is 0 Å². The van der Waals surface area contributed by atoms with E-state index in [0.29, 0.717) is 0 Å². The van der Waals surface area contributed by atoms with E-state index < -0.39 is 31.8 Å². The molecule has 0 aliphatic rings. The molecule has 13 heavy (non-hydrogen) atoms. The molecule has 0 heterocycles. The molecule has 0 radical (unpaired) electrons. The average Bonchev–Trinajstić information content (AvgIpc) is 1.82. The fourth-order valence-electron chi connectivity index (χ4n) is 0.392. The fraction of sp³-hybridized carbons (Fsp3) is 0.600. The van der Waals surface area contributed by atoms with Crippen molar-refractivity contribution in [2.24, 2.45) is 0 Å². The molecule has 0 aliphatic heterocycles. The van der Waals surface area contributed by atoms with Crippen LogP contribution in [0.4, 0.5) is 26.1 Å². The van der Waals surface area contributed by atoms with Gasteiger partial charge < -0.3 is 17.7 Å². The molecule has 0 fully saturated rings. The van der Waals surface area contributed by atoms with E-state index in [-0.39, 0.29) is 0 Å². The molecule has 0 amide bonds. The third-order valence-electron chi connectivity index (χ3n) is 1.02. The number of rotatable bonds is 4. The zero-order chi connectivity index (χ0) is 10.7. The lowest BCUT2D eigenvalue weighted by molar-refractivity contribution is -0.171. The van der Waals surface area contributed by atoms with Gasteiger partial charge in [-0.2, -0.15) is 13.2 Å². The van der Waals surface area contributed by atoms with Gasteiger partial charge in [0.25, 0.3) is 0 Å². The molecule has 0 aliphatic carbocycles. The first-order valence-electron chi connectivity index (χ1n) is 3.15. The van der Waals surface area contributed by atoms with E-state index >= 15 is 0 Å². The highest BCUT2D eigenvalue weighted by Gasteiger charge is 2.30. The Bertz CT molecular complexity index is 182. The van der Waals surface area contributed by atoms with Gasteiger partial charge in [-0.05, 0) is 0 Å². The molecule has 0 saturated carbocycles. The lowest BCUT2D eigenvalue weighted by Crippen LogP contribution is -2.25. The molecule has 8 heteroatoms. The third-order valence-corrected chi connectivity index (χ3v) is 1.02. The predicted molar refractivity (Wildman–Crippen MR) is 35.1 cm³/mol. The zero-order valence-electron chi connectivity index (χ0n) is 6.37. The highest BCUT2D eigenvalue weighted by Crippen LogP contribution is 2.20. The van der Waals surface area contributed by atoms with Crippen molar-refractivity contribution < 1.29 is 30.9 Å². The molecule has 0 bridgehead atoms. The number of hydrogen-bond donors (Lipinski definition) is 0. The topological polar surface area (TPSA) is 9.23 Å². The number of hydrogen-bond acceptors (Lipinski definition) is 1. The van der Waals surface area contributed by atoms with Crippen LogP contribution in [-0.2, 0) is 4.74 Å². The highest BCUT2D eigenvalue weighted by atomic mass is 19.4. The molecule has 0 aromatic rings. The van der Waals surface area contributed by atoms with Crippen LogP contribution in [0.1, 0.15) is 0 Å². The quantitative estimate of drug-likeness (QED) is 0.508. The van der Waals surface area contributed by atoms with Gasteiger partial charge in [-0.25, -0.2) is 0 Å². The Labute approximate surface area is 70.4 Å². The van der Waals surface area contributed by atoms with Crippen LogP contribution in [0.5, 0.6) is 0 Å². The molecule has 0 rings (SSSR count). The summed E-state index contributed by atoms with van der Waals surface area (Å²) in [7, 11) is 0. The number of alkyl halides is 3. The Balaban J connectivity index is 3.74. The van der Waals surface area contributed by atoms with Gasteiger partial charge in [0.1, 0.15) is 6.61 Å². The maximum absolute atomic E-state index is 11.7. The Hall–Kier alpha value is -0.655. The molecular weight excluding hydrogens is 201 g/mol. The summed E-state index contributed by atoms with van der Waals surface area (Å²) >= 11 is 0. The van der Waals surface area contributed by atoms with Gasteiger partial charge >= 0.3 is 13.2 Å². The van der Waals surface area contributed by atoms with Gasteiger partial charge in [-0.15, -0.1) is 12.1 Å². The second kappa shape index (κ2) is 4.04. The first-order valence-corrected chi connectivity index (χ1v) is 3.15. The van der Waals surface area contributed by atoms with Gasteiger partial charge in [0.05, 0.1) is 0 Å². The van der Waals surface area contributed by atoms with Crippen molar-refractivity contribution in [1.29, 1.82) is 0 Å². The molecule has 0 N–H and O–H groups in total. The summed E-state index contributed by atoms with van der Waals surface area (Å²) < 4.78 is 72.9. The second-order valence-corrected chi connectivity index (χ2v) is 2.34. The molecule has 0 atom stereocenters. The van der Waals surface area contributed by atoms with Crippen molar-refractivity contribution >= 4 is 6.98 Å². The van der Waals surface area contributed by atoms with Crippen LogP contribution in [0.15, 0.2) is 12.1 Å². The lowest BCUT2D eigenvalue weighted by Gasteiger charge is -2.18. The van der Waals surface area contributed by atoms with Gasteiger partial charge in [0, 0.05) is 6.61 Å². The van der Waals surface area contributed by atoms with Crippen molar-refractivity contribution in [2.75, 3.05) is 13.2 Å². The summed E-state index contributed by atoms with van der Waals surface area (Å²) in [5, 5.41) is 0. The first kappa shape index (κ1) is 12.3. The third kappa shape index (κ3) is 6.50. The van der Waals surface area contributed by atoms with Crippen LogP contribution in [0.2, 0.25) is 0 Å². The monoisotopic (exact) mass is 207 g/mol. The Morgan fingerprint density at radius 2 is 1.69 bits per heavy atom. The van der Waals surface area contributed by atoms with Crippen molar-refractivity contribution in [3.63, 3.8) is 0 Å². The highest BCUT2D eigenvalue weighted by molar-refractivity contribution is 6.66. The molecule has 0 aromatic carbocycles. The van der Waals surface area contributed by atoms with Crippen molar-refractivity contribution in [3.8, 4) is 0 Å². The smallest absolute Gasteiger partial charge is 0.445 e. The predicted octanol–water partition coefficient (Wildman–Crippen LogP) is 2.51. The minimum Gasteiger partial charge on any atom is -0.445 e. The summed E-state index contributed by atoms with van der Waals surface area (Å²) in [6.45, 7) is -5.58. The first-order chi connectivity index (χ1) is 5.63. The van der Waals surface area contributed by atoms with Crippen LogP contribution in [0.25, 0.3) is 0 Å². The van der Waals surface area contributed by atoms with Crippen molar-refractivity contribution in [2.45, 2.75) is 6.18 Å². The van der Waals surface area contributed by atoms with E-state index in [0.717, 1.165) is 0 Å². The van der Waals surface area contributed by atoms with Crippen LogP contribution in [0.3, 0.4) is 0 Å². The fourth-order valence-corrected chi connectivity index (χ4v) is 0.392. The Morgan fingerprint density at radius 3 is 2.00 bits per heavy atom. The maximum Gasteiger partial charge on any atom is 0.507 e. The largest absolute Gasteiger partial charge is 0.507 e. The number of halogens is 6. The summed E-state index contributed by atoms with van der Waals surface area (Å²) in [5.41, 5.74) is -1.27. The maximum atomic E-state index is 11.7. The van der Waals surface area contributed by atoms with E-state index in [1.807, 2.05) is 0 Å². The minimum absolute atomic E-state index is 1.14. The molecular formula is C5H6BF6O-. The van der Waals surface area contributed by atoms with Crippen LogP contribution in [0, 0.1) is 0 Å². The van der Waals surface area contributed by atoms with E-state index in [4.69, 9.17) is 0 Å². The standard InChI is InChI=1S/C5H6BF6O/c1-4(6(10,11)12)2-13-3-5(7,8)9/h1-3H2/q-1. The van der Waals surface area contributed by atoms with Crippen LogP contribution >= 0.6 is 0 Å². The molecule has 78 valence electrons. The van der Waals surface area contributed by atoms with E-state index in [1.54, 1.807) is 0 Å². The molecule has 0 unspecified atom stereocenters. The number of ether oxygens (including phenoxy) is 1.